The summed E-state index contributed by atoms with van der Waals surface area (Å²) in [6, 6.07) is 2.10. The largest absolute Gasteiger partial charge is 0.396 e. The Morgan fingerprint density at radius 2 is 2.16 bits per heavy atom. The van der Waals surface area contributed by atoms with Crippen molar-refractivity contribution in [3.05, 3.63) is 10.4 Å². The molecule has 0 saturated carbocycles. The number of carbonyl (C=O) groups is 1. The number of hydrogen-bond acceptors (Lipinski definition) is 5. The fraction of sp³-hybridized carbons (Fsp3) is 0.538. The molecule has 3 N–H and O–H groups in total. The molecule has 0 atom stereocenters. The Balaban J connectivity index is 3.09. The zero-order valence-corrected chi connectivity index (χ0v) is 12.4. The van der Waals surface area contributed by atoms with E-state index in [9.17, 15) is 10.1 Å². The maximum absolute atomic E-state index is 12.0. The van der Waals surface area contributed by atoms with Crippen LogP contribution in [0.5, 0.6) is 0 Å². The molecule has 19 heavy (non-hydrogen) atoms. The van der Waals surface area contributed by atoms with Crippen molar-refractivity contribution in [2.45, 2.75) is 26.7 Å². The van der Waals surface area contributed by atoms with Crippen LogP contribution in [0.3, 0.4) is 0 Å². The molecule has 0 aliphatic heterocycles. The molecule has 1 aromatic rings. The van der Waals surface area contributed by atoms with Gasteiger partial charge in [0.15, 0.2) is 0 Å². The molecule has 0 saturated heterocycles. The highest BCUT2D eigenvalue weighted by Crippen LogP contribution is 2.37. The molecule has 0 aliphatic carbocycles. The molecule has 1 aromatic heterocycles. The van der Waals surface area contributed by atoms with Gasteiger partial charge in [0, 0.05) is 20.1 Å². The van der Waals surface area contributed by atoms with Crippen LogP contribution in [-0.4, -0.2) is 26.0 Å². The molecule has 1 rings (SSSR count). The summed E-state index contributed by atoms with van der Waals surface area (Å²) in [6.07, 6.45) is 1.83. The molecule has 0 spiro atoms. The summed E-state index contributed by atoms with van der Waals surface area (Å²) < 4.78 is 0. The van der Waals surface area contributed by atoms with Crippen LogP contribution < -0.4 is 16.0 Å². The first kappa shape index (κ1) is 15.3. The van der Waals surface area contributed by atoms with E-state index in [0.717, 1.165) is 24.4 Å². The number of nitrogen functional groups attached to an aromatic ring is 1. The Morgan fingerprint density at radius 3 is 2.68 bits per heavy atom. The van der Waals surface area contributed by atoms with Crippen LogP contribution in [0, 0.1) is 11.3 Å². The molecule has 0 bridgehead atoms. The number of carbonyl (C=O) groups excluding carboxylic acids is 1. The van der Waals surface area contributed by atoms with Gasteiger partial charge >= 0.3 is 0 Å². The summed E-state index contributed by atoms with van der Waals surface area (Å²) in [5.41, 5.74) is 6.62. The van der Waals surface area contributed by atoms with E-state index in [1.165, 1.54) is 11.3 Å². The lowest BCUT2D eigenvalue weighted by Crippen LogP contribution is -2.23. The molecule has 0 fully saturated rings. The zero-order chi connectivity index (χ0) is 14.4. The van der Waals surface area contributed by atoms with Gasteiger partial charge in [-0.15, -0.1) is 11.3 Å². The second kappa shape index (κ2) is 7.00. The van der Waals surface area contributed by atoms with Crippen molar-refractivity contribution in [3.8, 4) is 6.07 Å². The monoisotopic (exact) mass is 280 g/mol. The highest BCUT2D eigenvalue weighted by Gasteiger charge is 2.22. The van der Waals surface area contributed by atoms with E-state index in [-0.39, 0.29) is 5.91 Å². The van der Waals surface area contributed by atoms with Crippen LogP contribution in [0.2, 0.25) is 0 Å². The minimum Gasteiger partial charge on any atom is -0.396 e. The predicted octanol–water partition coefficient (Wildman–Crippen LogP) is 2.19. The molecule has 1 amide bonds. The number of nitrogens with two attached hydrogens (primary N) is 1. The molecule has 0 aromatic carbocycles. The van der Waals surface area contributed by atoms with Gasteiger partial charge in [0.05, 0.1) is 5.69 Å². The van der Waals surface area contributed by atoms with Gasteiger partial charge in [-0.1, -0.05) is 13.8 Å². The van der Waals surface area contributed by atoms with Crippen molar-refractivity contribution in [2.24, 2.45) is 0 Å². The average Bonchev–Trinajstić information content (AvgIpc) is 2.73. The molecule has 6 heteroatoms. The third-order valence-corrected chi connectivity index (χ3v) is 4.00. The van der Waals surface area contributed by atoms with Gasteiger partial charge < -0.3 is 16.0 Å². The normalized spacial score (nSPS) is 10.0. The van der Waals surface area contributed by atoms with E-state index in [2.05, 4.69) is 18.3 Å². The molecule has 0 unspecified atom stereocenters. The first-order valence-electron chi connectivity index (χ1n) is 6.38. The standard InChI is InChI=1S/C13H20N4OS/c1-4-6-16-12(18)11-10(15)9(8-14)13(19-11)17(3)7-5-2/h4-7,15H2,1-3H3,(H,16,18). The van der Waals surface area contributed by atoms with Crippen molar-refractivity contribution < 1.29 is 4.79 Å². The van der Waals surface area contributed by atoms with Crippen molar-refractivity contribution in [2.75, 3.05) is 30.8 Å². The van der Waals surface area contributed by atoms with Crippen LogP contribution in [0.15, 0.2) is 0 Å². The SMILES string of the molecule is CCCNC(=O)c1sc(N(C)CCC)c(C#N)c1N. The number of thiophene rings is 1. The quantitative estimate of drug-likeness (QED) is 0.836. The molecule has 1 heterocycles. The molecule has 0 aliphatic rings. The lowest BCUT2D eigenvalue weighted by Gasteiger charge is -2.16. The maximum atomic E-state index is 12.0. The second-order valence-electron chi connectivity index (χ2n) is 4.31. The lowest BCUT2D eigenvalue weighted by atomic mass is 10.2. The summed E-state index contributed by atoms with van der Waals surface area (Å²) >= 11 is 1.28. The smallest absolute Gasteiger partial charge is 0.263 e. The molecule has 104 valence electrons. The number of anilines is 2. The minimum atomic E-state index is -0.197. The molecule has 0 radical (unpaired) electrons. The van der Waals surface area contributed by atoms with Crippen LogP contribution >= 0.6 is 11.3 Å². The number of amides is 1. The van der Waals surface area contributed by atoms with Gasteiger partial charge in [-0.2, -0.15) is 5.26 Å². The first-order chi connectivity index (χ1) is 9.06. The Labute approximate surface area is 118 Å². The van der Waals surface area contributed by atoms with Gasteiger partial charge in [0.25, 0.3) is 5.91 Å². The van der Waals surface area contributed by atoms with Crippen molar-refractivity contribution in [1.82, 2.24) is 5.32 Å². The van der Waals surface area contributed by atoms with Crippen LogP contribution in [0.25, 0.3) is 0 Å². The Bertz CT molecular complexity index is 490. The minimum absolute atomic E-state index is 0.197. The van der Waals surface area contributed by atoms with Crippen LogP contribution in [0.1, 0.15) is 41.9 Å². The molecule has 5 nitrogen and oxygen atoms in total. The lowest BCUT2D eigenvalue weighted by molar-refractivity contribution is 0.0958. The topological polar surface area (TPSA) is 82.2 Å². The summed E-state index contributed by atoms with van der Waals surface area (Å²) in [4.78, 5) is 14.4. The van der Waals surface area contributed by atoms with Gasteiger partial charge in [0.1, 0.15) is 21.5 Å². The van der Waals surface area contributed by atoms with E-state index < -0.39 is 0 Å². The van der Waals surface area contributed by atoms with Crippen molar-refractivity contribution >= 4 is 27.9 Å². The van der Waals surface area contributed by atoms with E-state index in [0.29, 0.717) is 22.7 Å². The van der Waals surface area contributed by atoms with Gasteiger partial charge in [-0.05, 0) is 12.8 Å². The number of nitrogens with one attached hydrogen (secondary N) is 1. The second-order valence-corrected chi connectivity index (χ2v) is 5.31. The third-order valence-electron chi connectivity index (χ3n) is 2.69. The Kier molecular flexibility index (Phi) is 5.64. The highest BCUT2D eigenvalue weighted by atomic mass is 32.1. The molecular weight excluding hydrogens is 260 g/mol. The summed E-state index contributed by atoms with van der Waals surface area (Å²) in [5.74, 6) is -0.197. The zero-order valence-electron chi connectivity index (χ0n) is 11.6. The Morgan fingerprint density at radius 1 is 1.47 bits per heavy atom. The van der Waals surface area contributed by atoms with Crippen LogP contribution in [0.4, 0.5) is 10.7 Å². The van der Waals surface area contributed by atoms with Crippen LogP contribution in [-0.2, 0) is 0 Å². The summed E-state index contributed by atoms with van der Waals surface area (Å²) in [6.45, 7) is 5.48. The van der Waals surface area contributed by atoms with Gasteiger partial charge in [-0.3, -0.25) is 4.79 Å². The summed E-state index contributed by atoms with van der Waals surface area (Å²) in [5, 5.41) is 12.8. The van der Waals surface area contributed by atoms with Gasteiger partial charge in [-0.25, -0.2) is 0 Å². The fourth-order valence-corrected chi connectivity index (χ4v) is 2.81. The number of rotatable bonds is 6. The van der Waals surface area contributed by atoms with Gasteiger partial charge in [0.2, 0.25) is 0 Å². The first-order valence-corrected chi connectivity index (χ1v) is 7.20. The third kappa shape index (κ3) is 3.38. The van der Waals surface area contributed by atoms with E-state index in [4.69, 9.17) is 5.73 Å². The molecular formula is C13H20N4OS. The predicted molar refractivity (Wildman–Crippen MR) is 79.6 cm³/mol. The number of hydrogen-bond donors (Lipinski definition) is 2. The number of nitrogens with zero attached hydrogens (tertiary/aromatic N) is 2. The van der Waals surface area contributed by atoms with Crippen molar-refractivity contribution in [1.29, 1.82) is 5.26 Å². The van der Waals surface area contributed by atoms with E-state index in [1.54, 1.807) is 0 Å². The van der Waals surface area contributed by atoms with E-state index in [1.807, 2.05) is 18.9 Å². The van der Waals surface area contributed by atoms with Crippen molar-refractivity contribution in [3.63, 3.8) is 0 Å². The van der Waals surface area contributed by atoms with E-state index >= 15 is 0 Å². The average molecular weight is 280 g/mol. The fourth-order valence-electron chi connectivity index (χ4n) is 1.73. The Hall–Kier alpha value is -1.74. The highest BCUT2D eigenvalue weighted by molar-refractivity contribution is 7.19. The maximum Gasteiger partial charge on any atom is 0.263 e. The number of nitriles is 1. The summed E-state index contributed by atoms with van der Waals surface area (Å²) in [7, 11) is 1.91.